The van der Waals surface area contributed by atoms with E-state index in [9.17, 15) is 4.21 Å². The van der Waals surface area contributed by atoms with E-state index in [0.29, 0.717) is 6.04 Å². The molecule has 5 heteroatoms. The molecule has 94 valence electrons. The second-order valence-corrected chi connectivity index (χ2v) is 6.66. The molecule has 1 N–H and O–H groups in total. The smallest absolute Gasteiger partial charge is 0.121 e. The summed E-state index contributed by atoms with van der Waals surface area (Å²) in [5.41, 5.74) is 1.04. The normalized spacial score (nSPS) is 24.4. The van der Waals surface area contributed by atoms with Gasteiger partial charge in [-0.3, -0.25) is 4.21 Å². The van der Waals surface area contributed by atoms with Gasteiger partial charge in [-0.2, -0.15) is 0 Å². The van der Waals surface area contributed by atoms with Crippen molar-refractivity contribution in [1.82, 2.24) is 0 Å². The number of rotatable bonds is 3. The summed E-state index contributed by atoms with van der Waals surface area (Å²) in [6.45, 7) is 0. The molecule has 0 bridgehead atoms. The first-order chi connectivity index (χ1) is 8.19. The quantitative estimate of drug-likeness (QED) is 0.931. The van der Waals surface area contributed by atoms with Crippen molar-refractivity contribution in [2.45, 2.75) is 18.9 Å². The maximum Gasteiger partial charge on any atom is 0.121 e. The first kappa shape index (κ1) is 12.9. The SMILES string of the molecule is COc1ccc(Br)c(NC2CCS(=O)CC2)c1. The molecule has 1 aliphatic rings. The van der Waals surface area contributed by atoms with Crippen molar-refractivity contribution in [3.05, 3.63) is 22.7 Å². The van der Waals surface area contributed by atoms with Gasteiger partial charge in [0, 0.05) is 38.9 Å². The summed E-state index contributed by atoms with van der Waals surface area (Å²) in [6.07, 6.45) is 1.94. The van der Waals surface area contributed by atoms with Crippen molar-refractivity contribution in [3.8, 4) is 5.75 Å². The highest BCUT2D eigenvalue weighted by molar-refractivity contribution is 9.10. The molecule has 2 rings (SSSR count). The lowest BCUT2D eigenvalue weighted by atomic mass is 10.1. The van der Waals surface area contributed by atoms with E-state index in [0.717, 1.165) is 40.3 Å². The van der Waals surface area contributed by atoms with Gasteiger partial charge in [0.1, 0.15) is 5.75 Å². The Balaban J connectivity index is 2.04. The van der Waals surface area contributed by atoms with Crippen LogP contribution in [0.25, 0.3) is 0 Å². The third-order valence-corrected chi connectivity index (χ3v) is 4.99. The molecule has 0 atom stereocenters. The second-order valence-electron chi connectivity index (χ2n) is 4.11. The summed E-state index contributed by atoms with van der Waals surface area (Å²) in [4.78, 5) is 0. The first-order valence-electron chi connectivity index (χ1n) is 5.64. The Kier molecular flexibility index (Phi) is 4.45. The molecule has 1 aliphatic heterocycles. The predicted molar refractivity (Wildman–Crippen MR) is 75.2 cm³/mol. The fourth-order valence-electron chi connectivity index (χ4n) is 1.90. The average Bonchev–Trinajstić information content (AvgIpc) is 2.35. The zero-order valence-corrected chi connectivity index (χ0v) is 12.1. The fourth-order valence-corrected chi connectivity index (χ4v) is 3.56. The summed E-state index contributed by atoms with van der Waals surface area (Å²) < 4.78 is 17.5. The van der Waals surface area contributed by atoms with Gasteiger partial charge in [-0.25, -0.2) is 0 Å². The highest BCUT2D eigenvalue weighted by atomic mass is 79.9. The van der Waals surface area contributed by atoms with Gasteiger partial charge >= 0.3 is 0 Å². The van der Waals surface area contributed by atoms with Gasteiger partial charge in [0.2, 0.25) is 0 Å². The molecule has 0 amide bonds. The van der Waals surface area contributed by atoms with Gasteiger partial charge in [-0.15, -0.1) is 0 Å². The Morgan fingerprint density at radius 1 is 1.41 bits per heavy atom. The maximum atomic E-state index is 11.3. The molecule has 1 heterocycles. The second kappa shape index (κ2) is 5.87. The minimum atomic E-state index is -0.607. The topological polar surface area (TPSA) is 38.3 Å². The standard InChI is InChI=1S/C12H16BrNO2S/c1-16-10-2-3-11(13)12(8-10)14-9-4-6-17(15)7-5-9/h2-3,8-9,14H,4-7H2,1H3. The highest BCUT2D eigenvalue weighted by Gasteiger charge is 2.18. The lowest BCUT2D eigenvalue weighted by molar-refractivity contribution is 0.415. The molecule has 0 unspecified atom stereocenters. The van der Waals surface area contributed by atoms with Gasteiger partial charge in [0.15, 0.2) is 0 Å². The number of halogens is 1. The molecule has 0 spiro atoms. The van der Waals surface area contributed by atoms with Crippen LogP contribution in [0.2, 0.25) is 0 Å². The molecule has 0 aliphatic carbocycles. The first-order valence-corrected chi connectivity index (χ1v) is 7.92. The van der Waals surface area contributed by atoms with Crippen LogP contribution in [0.1, 0.15) is 12.8 Å². The van der Waals surface area contributed by atoms with Gasteiger partial charge in [-0.05, 0) is 40.9 Å². The van der Waals surface area contributed by atoms with Crippen LogP contribution in [0.15, 0.2) is 22.7 Å². The van der Waals surface area contributed by atoms with E-state index in [1.165, 1.54) is 0 Å². The molecule has 1 saturated heterocycles. The number of anilines is 1. The third kappa shape index (κ3) is 3.45. The van der Waals surface area contributed by atoms with E-state index in [2.05, 4.69) is 21.2 Å². The molecule has 3 nitrogen and oxygen atoms in total. The van der Waals surface area contributed by atoms with Crippen molar-refractivity contribution in [3.63, 3.8) is 0 Å². The molecule has 17 heavy (non-hydrogen) atoms. The van der Waals surface area contributed by atoms with Gasteiger partial charge < -0.3 is 10.1 Å². The highest BCUT2D eigenvalue weighted by Crippen LogP contribution is 2.29. The number of methoxy groups -OCH3 is 1. The lowest BCUT2D eigenvalue weighted by Gasteiger charge is -2.24. The van der Waals surface area contributed by atoms with Crippen molar-refractivity contribution in [2.75, 3.05) is 23.9 Å². The number of hydrogen-bond donors (Lipinski definition) is 1. The van der Waals surface area contributed by atoms with Crippen molar-refractivity contribution >= 4 is 32.4 Å². The van der Waals surface area contributed by atoms with Crippen LogP contribution in [0.3, 0.4) is 0 Å². The summed E-state index contributed by atoms with van der Waals surface area (Å²) >= 11 is 3.52. The zero-order chi connectivity index (χ0) is 12.3. The Bertz CT molecular complexity index is 415. The van der Waals surface area contributed by atoms with Crippen molar-refractivity contribution < 1.29 is 8.95 Å². The van der Waals surface area contributed by atoms with E-state index < -0.39 is 10.8 Å². The van der Waals surface area contributed by atoms with Gasteiger partial charge in [-0.1, -0.05) is 0 Å². The molecular formula is C12H16BrNO2S. The van der Waals surface area contributed by atoms with Crippen molar-refractivity contribution in [1.29, 1.82) is 0 Å². The molecule has 0 saturated carbocycles. The van der Waals surface area contributed by atoms with Crippen LogP contribution in [-0.2, 0) is 10.8 Å². The van der Waals surface area contributed by atoms with Crippen LogP contribution in [0.4, 0.5) is 5.69 Å². The van der Waals surface area contributed by atoms with E-state index in [4.69, 9.17) is 4.74 Å². The Morgan fingerprint density at radius 3 is 2.76 bits per heavy atom. The predicted octanol–water partition coefficient (Wildman–Crippen LogP) is 2.78. The average molecular weight is 318 g/mol. The van der Waals surface area contributed by atoms with Gasteiger partial charge in [0.05, 0.1) is 12.8 Å². The summed E-state index contributed by atoms with van der Waals surface area (Å²) in [7, 11) is 1.06. The number of hydrogen-bond acceptors (Lipinski definition) is 3. The van der Waals surface area contributed by atoms with Crippen LogP contribution in [0.5, 0.6) is 5.75 Å². The van der Waals surface area contributed by atoms with E-state index in [-0.39, 0.29) is 0 Å². The molecule has 1 fully saturated rings. The monoisotopic (exact) mass is 317 g/mol. The fraction of sp³-hybridized carbons (Fsp3) is 0.500. The lowest BCUT2D eigenvalue weighted by Crippen LogP contribution is -2.29. The van der Waals surface area contributed by atoms with E-state index in [1.54, 1.807) is 7.11 Å². The Hall–Kier alpha value is -0.550. The minimum Gasteiger partial charge on any atom is -0.497 e. The largest absolute Gasteiger partial charge is 0.497 e. The number of nitrogens with one attached hydrogen (secondary N) is 1. The van der Waals surface area contributed by atoms with E-state index >= 15 is 0 Å². The summed E-state index contributed by atoms with van der Waals surface area (Å²) in [5.74, 6) is 2.45. The zero-order valence-electron chi connectivity index (χ0n) is 9.74. The Labute approximate surface area is 113 Å². The molecular weight excluding hydrogens is 302 g/mol. The van der Waals surface area contributed by atoms with Crippen molar-refractivity contribution in [2.24, 2.45) is 0 Å². The molecule has 0 radical (unpaired) electrons. The maximum absolute atomic E-state index is 11.3. The van der Waals surface area contributed by atoms with Crippen LogP contribution in [-0.4, -0.2) is 28.9 Å². The van der Waals surface area contributed by atoms with Crippen LogP contribution in [0, 0.1) is 0 Å². The number of benzene rings is 1. The van der Waals surface area contributed by atoms with E-state index in [1.807, 2.05) is 18.2 Å². The van der Waals surface area contributed by atoms with Crippen LogP contribution < -0.4 is 10.1 Å². The third-order valence-electron chi connectivity index (χ3n) is 2.92. The summed E-state index contributed by atoms with van der Waals surface area (Å²) in [5, 5.41) is 3.48. The van der Waals surface area contributed by atoms with Crippen LogP contribution >= 0.6 is 15.9 Å². The summed E-state index contributed by atoms with van der Waals surface area (Å²) in [6, 6.07) is 6.29. The molecule has 0 aromatic heterocycles. The Morgan fingerprint density at radius 2 is 2.12 bits per heavy atom. The molecule has 1 aromatic carbocycles. The number of ether oxygens (including phenoxy) is 1. The minimum absolute atomic E-state index is 0.413. The molecule has 1 aromatic rings. The van der Waals surface area contributed by atoms with Gasteiger partial charge in [0.25, 0.3) is 0 Å².